The molecule has 1 N–H and O–H groups in total. The number of thiazole rings is 1. The summed E-state index contributed by atoms with van der Waals surface area (Å²) in [6.45, 7) is 1.56. The third kappa shape index (κ3) is 5.42. The van der Waals surface area contributed by atoms with E-state index in [1.165, 1.54) is 11.3 Å². The van der Waals surface area contributed by atoms with Crippen LogP contribution in [0.15, 0.2) is 60.0 Å². The van der Waals surface area contributed by atoms with Crippen LogP contribution in [0.2, 0.25) is 0 Å². The molecular weight excluding hydrogens is 388 g/mol. The zero-order valence-electron chi connectivity index (χ0n) is 16.3. The number of amides is 1. The van der Waals surface area contributed by atoms with Crippen molar-refractivity contribution in [2.75, 3.05) is 19.0 Å². The molecule has 1 aromatic heterocycles. The van der Waals surface area contributed by atoms with E-state index in [-0.39, 0.29) is 12.5 Å². The molecule has 3 aromatic rings. The quantitative estimate of drug-likeness (QED) is 0.554. The monoisotopic (exact) mass is 410 g/mol. The predicted octanol–water partition coefficient (Wildman–Crippen LogP) is 4.49. The maximum Gasteiger partial charge on any atom is 0.313 e. The van der Waals surface area contributed by atoms with Crippen LogP contribution in [0.4, 0.5) is 5.13 Å². The van der Waals surface area contributed by atoms with Crippen LogP contribution in [-0.2, 0) is 14.3 Å². The van der Waals surface area contributed by atoms with Gasteiger partial charge in [0.25, 0.3) is 5.91 Å². The van der Waals surface area contributed by atoms with Gasteiger partial charge in [-0.2, -0.15) is 0 Å². The van der Waals surface area contributed by atoms with E-state index in [1.807, 2.05) is 66.9 Å². The molecule has 6 nitrogen and oxygen atoms in total. The fourth-order valence-electron chi connectivity index (χ4n) is 2.84. The van der Waals surface area contributed by atoms with E-state index in [4.69, 9.17) is 9.47 Å². The lowest BCUT2D eigenvalue weighted by atomic mass is 9.97. The summed E-state index contributed by atoms with van der Waals surface area (Å²) in [5, 5.41) is 4.98. The molecule has 7 heteroatoms. The third-order valence-electron chi connectivity index (χ3n) is 4.38. The summed E-state index contributed by atoms with van der Waals surface area (Å²) in [6, 6.07) is 16.9. The molecule has 0 aliphatic rings. The van der Waals surface area contributed by atoms with E-state index in [1.54, 1.807) is 7.11 Å². The highest BCUT2D eigenvalue weighted by Crippen LogP contribution is 2.26. The molecule has 0 bridgehead atoms. The molecule has 0 spiro atoms. The van der Waals surface area contributed by atoms with Gasteiger partial charge >= 0.3 is 5.97 Å². The number of benzene rings is 2. The highest BCUT2D eigenvalue weighted by atomic mass is 32.1. The molecule has 3 rings (SSSR count). The van der Waals surface area contributed by atoms with Crippen molar-refractivity contribution in [1.82, 2.24) is 4.98 Å². The number of hydrogen-bond acceptors (Lipinski definition) is 6. The molecule has 0 aliphatic carbocycles. The predicted molar refractivity (Wildman–Crippen MR) is 113 cm³/mol. The summed E-state index contributed by atoms with van der Waals surface area (Å²) in [5.41, 5.74) is 2.55. The Kier molecular flexibility index (Phi) is 6.97. The van der Waals surface area contributed by atoms with E-state index in [2.05, 4.69) is 10.3 Å². The van der Waals surface area contributed by atoms with Gasteiger partial charge in [-0.25, -0.2) is 4.98 Å². The Morgan fingerprint density at radius 3 is 2.48 bits per heavy atom. The van der Waals surface area contributed by atoms with Crippen molar-refractivity contribution in [3.05, 3.63) is 65.5 Å². The zero-order chi connectivity index (χ0) is 20.6. The van der Waals surface area contributed by atoms with Crippen molar-refractivity contribution >= 4 is 28.3 Å². The molecule has 1 atom stereocenters. The summed E-state index contributed by atoms with van der Waals surface area (Å²) in [7, 11) is 1.61. The topological polar surface area (TPSA) is 77.5 Å². The number of hydrogen-bond donors (Lipinski definition) is 1. The van der Waals surface area contributed by atoms with Crippen molar-refractivity contribution < 1.29 is 19.1 Å². The smallest absolute Gasteiger partial charge is 0.313 e. The first-order chi connectivity index (χ1) is 14.1. The molecule has 0 radical (unpaired) electrons. The van der Waals surface area contributed by atoms with Gasteiger partial charge in [0, 0.05) is 10.9 Å². The summed E-state index contributed by atoms with van der Waals surface area (Å²) >= 11 is 1.31. The van der Waals surface area contributed by atoms with Crippen LogP contribution in [-0.4, -0.2) is 30.6 Å². The number of nitrogens with zero attached hydrogens (tertiary/aromatic N) is 1. The van der Waals surface area contributed by atoms with Gasteiger partial charge in [0.05, 0.1) is 18.7 Å². The van der Waals surface area contributed by atoms with Gasteiger partial charge in [-0.1, -0.05) is 37.3 Å². The van der Waals surface area contributed by atoms with E-state index in [9.17, 15) is 9.59 Å². The summed E-state index contributed by atoms with van der Waals surface area (Å²) in [4.78, 5) is 28.9. The lowest BCUT2D eigenvalue weighted by Gasteiger charge is -2.14. The van der Waals surface area contributed by atoms with E-state index >= 15 is 0 Å². The minimum absolute atomic E-state index is 0.348. The Balaban J connectivity index is 1.54. The molecular formula is C22H22N2O4S. The van der Waals surface area contributed by atoms with Crippen LogP contribution < -0.4 is 10.1 Å². The maximum absolute atomic E-state index is 12.3. The molecule has 0 unspecified atom stereocenters. The molecule has 0 aliphatic heterocycles. The van der Waals surface area contributed by atoms with Crippen molar-refractivity contribution in [3.8, 4) is 17.0 Å². The lowest BCUT2D eigenvalue weighted by molar-refractivity contribution is -0.149. The van der Waals surface area contributed by atoms with Gasteiger partial charge < -0.3 is 9.47 Å². The summed E-state index contributed by atoms with van der Waals surface area (Å²) in [5.74, 6) is -0.449. The Morgan fingerprint density at radius 1 is 1.10 bits per heavy atom. The number of methoxy groups -OCH3 is 1. The number of aromatic nitrogens is 1. The number of anilines is 1. The Labute approximate surface area is 173 Å². The van der Waals surface area contributed by atoms with Crippen LogP contribution in [0.1, 0.15) is 24.8 Å². The Morgan fingerprint density at radius 2 is 1.83 bits per heavy atom. The molecule has 0 fully saturated rings. The number of carbonyl (C=O) groups is 2. The van der Waals surface area contributed by atoms with Crippen molar-refractivity contribution in [3.63, 3.8) is 0 Å². The van der Waals surface area contributed by atoms with Gasteiger partial charge in [-0.15, -0.1) is 11.3 Å². The van der Waals surface area contributed by atoms with Crippen LogP contribution in [0.25, 0.3) is 11.3 Å². The van der Waals surface area contributed by atoms with Gasteiger partial charge in [-0.3, -0.25) is 14.9 Å². The number of nitrogens with one attached hydrogen (secondary N) is 1. The fourth-order valence-corrected chi connectivity index (χ4v) is 3.58. The second-order valence-corrected chi connectivity index (χ2v) is 7.15. The lowest BCUT2D eigenvalue weighted by Crippen LogP contribution is -2.23. The number of rotatable bonds is 8. The van der Waals surface area contributed by atoms with Gasteiger partial charge in [0.15, 0.2) is 11.7 Å². The number of esters is 1. The summed E-state index contributed by atoms with van der Waals surface area (Å²) < 4.78 is 10.4. The first-order valence-electron chi connectivity index (χ1n) is 9.22. The minimum atomic E-state index is -0.420. The van der Waals surface area contributed by atoms with Crippen LogP contribution in [0.5, 0.6) is 5.75 Å². The second kappa shape index (κ2) is 9.84. The molecule has 0 saturated carbocycles. The molecule has 150 valence electrons. The van der Waals surface area contributed by atoms with E-state index in [0.29, 0.717) is 11.6 Å². The SMILES string of the molecule is CC[C@@H](C(=O)OCC(=O)Nc1nc(-c2ccc(OC)cc2)cs1)c1ccccc1. The van der Waals surface area contributed by atoms with Crippen LogP contribution >= 0.6 is 11.3 Å². The minimum Gasteiger partial charge on any atom is -0.497 e. The molecule has 1 amide bonds. The molecule has 2 aromatic carbocycles. The second-order valence-electron chi connectivity index (χ2n) is 6.29. The van der Waals surface area contributed by atoms with Gasteiger partial charge in [0.2, 0.25) is 0 Å². The summed E-state index contributed by atoms with van der Waals surface area (Å²) in [6.07, 6.45) is 0.599. The molecule has 0 saturated heterocycles. The zero-order valence-corrected chi connectivity index (χ0v) is 17.1. The molecule has 1 heterocycles. The number of ether oxygens (including phenoxy) is 2. The highest BCUT2D eigenvalue weighted by molar-refractivity contribution is 7.14. The maximum atomic E-state index is 12.3. The largest absolute Gasteiger partial charge is 0.497 e. The average molecular weight is 410 g/mol. The first kappa shape index (κ1) is 20.5. The van der Waals surface area contributed by atoms with Crippen molar-refractivity contribution in [1.29, 1.82) is 0 Å². The van der Waals surface area contributed by atoms with Gasteiger partial charge in [0.1, 0.15) is 5.75 Å². The average Bonchev–Trinajstić information content (AvgIpc) is 3.22. The van der Waals surface area contributed by atoms with Crippen LogP contribution in [0, 0.1) is 0 Å². The van der Waals surface area contributed by atoms with Gasteiger partial charge in [-0.05, 0) is 36.2 Å². The van der Waals surface area contributed by atoms with Crippen molar-refractivity contribution in [2.45, 2.75) is 19.3 Å². The Hall–Kier alpha value is -3.19. The normalized spacial score (nSPS) is 11.5. The first-order valence-corrected chi connectivity index (χ1v) is 10.1. The van der Waals surface area contributed by atoms with E-state index < -0.39 is 11.9 Å². The van der Waals surface area contributed by atoms with Crippen LogP contribution in [0.3, 0.4) is 0 Å². The number of carbonyl (C=O) groups excluding carboxylic acids is 2. The van der Waals surface area contributed by atoms with Crippen molar-refractivity contribution in [2.24, 2.45) is 0 Å². The van der Waals surface area contributed by atoms with E-state index in [0.717, 1.165) is 22.6 Å². The third-order valence-corrected chi connectivity index (χ3v) is 5.13. The highest BCUT2D eigenvalue weighted by Gasteiger charge is 2.21. The standard InChI is InChI=1S/C22H22N2O4S/c1-3-18(15-7-5-4-6-8-15)21(26)28-13-20(25)24-22-23-19(14-29-22)16-9-11-17(27-2)12-10-16/h4-12,14,18H,3,13H2,1-2H3,(H,23,24,25)/t18-/m1/s1. The Bertz CT molecular complexity index is 954. The molecule has 29 heavy (non-hydrogen) atoms. The fraction of sp³-hybridized carbons (Fsp3) is 0.227.